The summed E-state index contributed by atoms with van der Waals surface area (Å²) < 4.78 is 0. The summed E-state index contributed by atoms with van der Waals surface area (Å²) >= 11 is 3.57. The van der Waals surface area contributed by atoms with E-state index >= 15 is 0 Å². The van der Waals surface area contributed by atoms with Crippen LogP contribution in [0.25, 0.3) is 0 Å². The molecule has 2 rings (SSSR count). The van der Waals surface area contributed by atoms with Gasteiger partial charge in [0, 0.05) is 25.3 Å². The molecular weight excluding hydrogens is 242 g/mol. The molecular formula is C11H18BrNO. The minimum Gasteiger partial charge on any atom is -0.342 e. The summed E-state index contributed by atoms with van der Waals surface area (Å²) in [5.74, 6) is 1.10. The summed E-state index contributed by atoms with van der Waals surface area (Å²) in [5.41, 5.74) is 0.490. The molecule has 1 aliphatic carbocycles. The third-order valence-electron chi connectivity index (χ3n) is 3.91. The Morgan fingerprint density at radius 2 is 2.36 bits per heavy atom. The van der Waals surface area contributed by atoms with Gasteiger partial charge in [-0.1, -0.05) is 15.9 Å². The molecule has 3 heteroatoms. The Kier molecular flexibility index (Phi) is 2.87. The molecule has 1 saturated heterocycles. The van der Waals surface area contributed by atoms with Crippen LogP contribution in [0.2, 0.25) is 0 Å². The smallest absolute Gasteiger partial charge is 0.219 e. The quantitative estimate of drug-likeness (QED) is 0.663. The van der Waals surface area contributed by atoms with Crippen LogP contribution in [-0.2, 0) is 4.79 Å². The monoisotopic (exact) mass is 259 g/mol. The number of alkyl halides is 1. The van der Waals surface area contributed by atoms with E-state index in [4.69, 9.17) is 0 Å². The first-order valence-electron chi connectivity index (χ1n) is 5.47. The average molecular weight is 260 g/mol. The lowest BCUT2D eigenvalue weighted by molar-refractivity contribution is -0.128. The zero-order valence-corrected chi connectivity index (χ0v) is 10.3. The molecule has 2 nitrogen and oxygen atoms in total. The van der Waals surface area contributed by atoms with Crippen molar-refractivity contribution in [1.29, 1.82) is 0 Å². The van der Waals surface area contributed by atoms with E-state index in [9.17, 15) is 4.79 Å². The molecule has 0 N–H and O–H groups in total. The molecule has 1 amide bonds. The van der Waals surface area contributed by atoms with Crippen molar-refractivity contribution in [1.82, 2.24) is 4.90 Å². The zero-order chi connectivity index (χ0) is 10.2. The Labute approximate surface area is 94.2 Å². The van der Waals surface area contributed by atoms with Crippen molar-refractivity contribution in [3.05, 3.63) is 0 Å². The van der Waals surface area contributed by atoms with E-state index in [-0.39, 0.29) is 5.91 Å². The molecule has 2 atom stereocenters. The fourth-order valence-corrected chi connectivity index (χ4v) is 3.59. The lowest BCUT2D eigenvalue weighted by Crippen LogP contribution is -2.29. The van der Waals surface area contributed by atoms with Crippen molar-refractivity contribution in [2.24, 2.45) is 11.3 Å². The summed E-state index contributed by atoms with van der Waals surface area (Å²) in [6.07, 6.45) is 5.22. The normalized spacial score (nSPS) is 37.0. The Bertz CT molecular complexity index is 243. The van der Waals surface area contributed by atoms with Crippen molar-refractivity contribution in [3.8, 4) is 0 Å². The first kappa shape index (κ1) is 10.5. The van der Waals surface area contributed by atoms with Gasteiger partial charge in [0.15, 0.2) is 0 Å². The van der Waals surface area contributed by atoms with Crippen molar-refractivity contribution < 1.29 is 4.79 Å². The second kappa shape index (κ2) is 3.84. The van der Waals surface area contributed by atoms with Crippen LogP contribution < -0.4 is 0 Å². The average Bonchev–Trinajstić information content (AvgIpc) is 2.74. The van der Waals surface area contributed by atoms with Crippen LogP contribution in [0.5, 0.6) is 0 Å². The number of nitrogens with zero attached hydrogens (tertiary/aromatic N) is 1. The van der Waals surface area contributed by atoms with Gasteiger partial charge in [-0.3, -0.25) is 4.79 Å². The highest BCUT2D eigenvalue weighted by atomic mass is 79.9. The van der Waals surface area contributed by atoms with Crippen molar-refractivity contribution in [2.75, 3.05) is 18.4 Å². The molecule has 0 aromatic rings. The second-order valence-corrected chi connectivity index (χ2v) is 5.60. The first-order chi connectivity index (χ1) is 6.65. The van der Waals surface area contributed by atoms with Gasteiger partial charge in [0.25, 0.3) is 0 Å². The maximum absolute atomic E-state index is 11.3. The van der Waals surface area contributed by atoms with Crippen molar-refractivity contribution in [3.63, 3.8) is 0 Å². The number of rotatable bonds is 1. The Hall–Kier alpha value is -0.0500. The molecule has 0 aromatic carbocycles. The third kappa shape index (κ3) is 1.83. The zero-order valence-electron chi connectivity index (χ0n) is 8.76. The highest BCUT2D eigenvalue weighted by Gasteiger charge is 2.44. The van der Waals surface area contributed by atoms with Crippen molar-refractivity contribution in [2.45, 2.75) is 32.6 Å². The van der Waals surface area contributed by atoms with Gasteiger partial charge < -0.3 is 4.90 Å². The fraction of sp³-hybridized carbons (Fsp3) is 0.909. The minimum atomic E-state index is 0.254. The Morgan fingerprint density at radius 3 is 2.86 bits per heavy atom. The van der Waals surface area contributed by atoms with E-state index in [1.807, 2.05) is 4.90 Å². The number of halogens is 1. The highest BCUT2D eigenvalue weighted by molar-refractivity contribution is 9.09. The lowest BCUT2D eigenvalue weighted by atomic mass is 9.85. The van der Waals surface area contributed by atoms with Crippen molar-refractivity contribution >= 4 is 21.8 Å². The molecule has 1 heterocycles. The van der Waals surface area contributed by atoms with Crippen LogP contribution >= 0.6 is 15.9 Å². The van der Waals surface area contributed by atoms with Gasteiger partial charge >= 0.3 is 0 Å². The molecule has 1 aliphatic heterocycles. The fourth-order valence-electron chi connectivity index (χ4n) is 3.03. The molecule has 0 radical (unpaired) electrons. The molecule has 1 spiro atoms. The van der Waals surface area contributed by atoms with Crippen LogP contribution in [0.15, 0.2) is 0 Å². The summed E-state index contributed by atoms with van der Waals surface area (Å²) in [6, 6.07) is 0. The molecule has 80 valence electrons. The molecule has 0 bridgehead atoms. The molecule has 0 unspecified atom stereocenters. The van der Waals surface area contributed by atoms with Gasteiger partial charge in [0.2, 0.25) is 5.91 Å². The highest BCUT2D eigenvalue weighted by Crippen LogP contribution is 2.48. The largest absolute Gasteiger partial charge is 0.342 e. The van der Waals surface area contributed by atoms with E-state index in [2.05, 4.69) is 15.9 Å². The first-order valence-corrected chi connectivity index (χ1v) is 6.59. The van der Waals surface area contributed by atoms with Crippen LogP contribution in [-0.4, -0.2) is 29.2 Å². The molecule has 1 saturated carbocycles. The summed E-state index contributed by atoms with van der Waals surface area (Å²) in [4.78, 5) is 13.3. The standard InChI is InChI=1S/C11H18BrNO/c1-9(14)13-5-4-11(8-13)3-2-10(6-11)7-12/h10H,2-8H2,1H3/t10-,11+/m1/s1. The summed E-state index contributed by atoms with van der Waals surface area (Å²) in [7, 11) is 0. The third-order valence-corrected chi connectivity index (χ3v) is 4.82. The van der Waals surface area contributed by atoms with Crippen LogP contribution in [0.3, 0.4) is 0 Å². The predicted molar refractivity (Wildman–Crippen MR) is 60.4 cm³/mol. The minimum absolute atomic E-state index is 0.254. The summed E-state index contributed by atoms with van der Waals surface area (Å²) in [6.45, 7) is 3.70. The van der Waals surface area contributed by atoms with E-state index in [1.165, 1.54) is 25.7 Å². The van der Waals surface area contributed by atoms with Gasteiger partial charge in [0.1, 0.15) is 0 Å². The van der Waals surface area contributed by atoms with Gasteiger partial charge in [-0.2, -0.15) is 0 Å². The molecule has 2 fully saturated rings. The number of hydrogen-bond acceptors (Lipinski definition) is 1. The number of hydrogen-bond donors (Lipinski definition) is 0. The van der Waals surface area contributed by atoms with Gasteiger partial charge in [-0.05, 0) is 37.0 Å². The summed E-state index contributed by atoms with van der Waals surface area (Å²) in [5, 5.41) is 1.13. The maximum atomic E-state index is 11.3. The van der Waals surface area contributed by atoms with E-state index in [1.54, 1.807) is 6.92 Å². The maximum Gasteiger partial charge on any atom is 0.219 e. The Morgan fingerprint density at radius 1 is 1.57 bits per heavy atom. The number of carbonyl (C=O) groups excluding carboxylic acids is 1. The van der Waals surface area contributed by atoms with Gasteiger partial charge in [0.05, 0.1) is 0 Å². The molecule has 2 aliphatic rings. The van der Waals surface area contributed by atoms with Crippen LogP contribution in [0.4, 0.5) is 0 Å². The van der Waals surface area contributed by atoms with Crippen LogP contribution in [0, 0.1) is 11.3 Å². The second-order valence-electron chi connectivity index (χ2n) is 4.95. The number of carbonyl (C=O) groups is 1. The molecule has 14 heavy (non-hydrogen) atoms. The lowest BCUT2D eigenvalue weighted by Gasteiger charge is -2.23. The predicted octanol–water partition coefficient (Wildman–Crippen LogP) is 2.42. The van der Waals surface area contributed by atoms with Gasteiger partial charge in [-0.15, -0.1) is 0 Å². The van der Waals surface area contributed by atoms with Crippen LogP contribution in [0.1, 0.15) is 32.6 Å². The topological polar surface area (TPSA) is 20.3 Å². The Balaban J connectivity index is 1.97. The van der Waals surface area contributed by atoms with E-state index < -0.39 is 0 Å². The molecule has 0 aromatic heterocycles. The number of likely N-dealkylation sites (tertiary alicyclic amines) is 1. The van der Waals surface area contributed by atoms with Gasteiger partial charge in [-0.25, -0.2) is 0 Å². The SMILES string of the molecule is CC(=O)N1CC[C@]2(CC[C@@H](CBr)C2)C1. The van der Waals surface area contributed by atoms with E-state index in [0.29, 0.717) is 5.41 Å². The number of amides is 1. The van der Waals surface area contributed by atoms with E-state index in [0.717, 1.165) is 24.3 Å².